The summed E-state index contributed by atoms with van der Waals surface area (Å²) in [4.78, 5) is 25.1. The van der Waals surface area contributed by atoms with Crippen LogP contribution in [-0.4, -0.2) is 67.7 Å². The first-order chi connectivity index (χ1) is 16.8. The minimum Gasteiger partial charge on any atom is -0.493 e. The smallest absolute Gasteiger partial charge is 0.409 e. The number of carboxylic acid groups (broad SMARTS) is 1. The third-order valence-electron chi connectivity index (χ3n) is 4.82. The first-order valence-corrected chi connectivity index (χ1v) is 12.1. The van der Waals surface area contributed by atoms with Gasteiger partial charge in [0.05, 0.1) is 19.8 Å². The summed E-state index contributed by atoms with van der Waals surface area (Å²) in [6.07, 6.45) is -0.469. The number of benzene rings is 2. The first-order valence-electron chi connectivity index (χ1n) is 11.4. The van der Waals surface area contributed by atoms with E-state index in [1.54, 1.807) is 61.2 Å². The van der Waals surface area contributed by atoms with Crippen LogP contribution < -0.4 is 9.47 Å². The van der Waals surface area contributed by atoms with Gasteiger partial charge in [0.25, 0.3) is 0 Å². The van der Waals surface area contributed by atoms with Crippen LogP contribution in [0.2, 0.25) is 10.0 Å². The molecule has 2 aromatic rings. The Balaban J connectivity index is 1.81. The average Bonchev–Trinajstić information content (AvgIpc) is 2.80. The van der Waals surface area contributed by atoms with E-state index in [2.05, 4.69) is 0 Å². The predicted octanol–water partition coefficient (Wildman–Crippen LogP) is 5.33. The third-order valence-corrected chi connectivity index (χ3v) is 5.26. The number of carbonyl (C=O) groups excluding carboxylic acids is 1. The van der Waals surface area contributed by atoms with Crippen LogP contribution in [-0.2, 0) is 20.7 Å². The molecule has 0 heterocycles. The lowest BCUT2D eigenvalue weighted by Crippen LogP contribution is -2.36. The molecule has 0 saturated carbocycles. The lowest BCUT2D eigenvalue weighted by Gasteiger charge is -2.22. The van der Waals surface area contributed by atoms with Crippen molar-refractivity contribution in [2.24, 2.45) is 0 Å². The van der Waals surface area contributed by atoms with Crippen molar-refractivity contribution in [3.05, 3.63) is 58.1 Å². The van der Waals surface area contributed by atoms with Gasteiger partial charge in [0.15, 0.2) is 6.10 Å². The fourth-order valence-corrected chi connectivity index (χ4v) is 3.70. The number of aliphatic carboxylic acids is 1. The van der Waals surface area contributed by atoms with E-state index in [0.717, 1.165) is 5.56 Å². The molecule has 0 aromatic heterocycles. The summed E-state index contributed by atoms with van der Waals surface area (Å²) >= 11 is 12.0. The Hall–Kier alpha value is -2.68. The maximum Gasteiger partial charge on any atom is 0.409 e. The van der Waals surface area contributed by atoms with Crippen LogP contribution in [0.5, 0.6) is 11.5 Å². The standard InChI is InChI=1S/C25H31Cl2NO7/c1-3-32-23(24(29)30)14-18-6-8-21(9-7-18)35-13-11-28(25(31)33-4-2)10-5-12-34-22-16-19(26)15-20(27)17-22/h6-9,15-17,23H,3-5,10-14H2,1-2H3,(H,29,30). The second-order valence-corrected chi connectivity index (χ2v) is 8.34. The summed E-state index contributed by atoms with van der Waals surface area (Å²) in [5.41, 5.74) is 0.826. The molecule has 2 rings (SSSR count). The largest absolute Gasteiger partial charge is 0.493 e. The van der Waals surface area contributed by atoms with Gasteiger partial charge < -0.3 is 29.0 Å². The highest BCUT2D eigenvalue weighted by molar-refractivity contribution is 6.34. The minimum atomic E-state index is -0.993. The molecular weight excluding hydrogens is 497 g/mol. The zero-order chi connectivity index (χ0) is 25.6. The quantitative estimate of drug-likeness (QED) is 0.312. The number of ether oxygens (including phenoxy) is 4. The second kappa shape index (κ2) is 15.3. The fraction of sp³-hybridized carbons (Fsp3) is 0.440. The molecule has 0 radical (unpaired) electrons. The first kappa shape index (κ1) is 28.6. The molecule has 0 fully saturated rings. The highest BCUT2D eigenvalue weighted by Crippen LogP contribution is 2.24. The van der Waals surface area contributed by atoms with E-state index < -0.39 is 18.2 Å². The molecule has 0 saturated heterocycles. The van der Waals surface area contributed by atoms with E-state index in [1.807, 2.05) is 0 Å². The van der Waals surface area contributed by atoms with Crippen molar-refractivity contribution in [1.29, 1.82) is 0 Å². The fourth-order valence-electron chi connectivity index (χ4n) is 3.19. The van der Waals surface area contributed by atoms with Crippen molar-refractivity contribution >= 4 is 35.3 Å². The lowest BCUT2D eigenvalue weighted by atomic mass is 10.1. The molecule has 10 heteroatoms. The van der Waals surface area contributed by atoms with Gasteiger partial charge in [-0.3, -0.25) is 0 Å². The van der Waals surface area contributed by atoms with Crippen molar-refractivity contribution < 1.29 is 33.6 Å². The van der Waals surface area contributed by atoms with E-state index in [-0.39, 0.29) is 19.6 Å². The summed E-state index contributed by atoms with van der Waals surface area (Å²) < 4.78 is 21.8. The molecule has 1 N–H and O–H groups in total. The van der Waals surface area contributed by atoms with E-state index in [9.17, 15) is 14.7 Å². The second-order valence-electron chi connectivity index (χ2n) is 7.47. The predicted molar refractivity (Wildman–Crippen MR) is 134 cm³/mol. The Morgan fingerprint density at radius 2 is 1.57 bits per heavy atom. The number of halogens is 2. The van der Waals surface area contributed by atoms with Crippen molar-refractivity contribution in [2.75, 3.05) is 39.5 Å². The third kappa shape index (κ3) is 10.6. The number of rotatable bonds is 15. The number of hydrogen-bond acceptors (Lipinski definition) is 6. The highest BCUT2D eigenvalue weighted by atomic mass is 35.5. The number of hydrogen-bond donors (Lipinski definition) is 1. The van der Waals surface area contributed by atoms with Crippen molar-refractivity contribution in [2.45, 2.75) is 32.8 Å². The summed E-state index contributed by atoms with van der Waals surface area (Å²) in [6, 6.07) is 12.1. The van der Waals surface area contributed by atoms with Crippen molar-refractivity contribution in [1.82, 2.24) is 4.90 Å². The Bertz CT molecular complexity index is 920. The molecule has 35 heavy (non-hydrogen) atoms. The van der Waals surface area contributed by atoms with Gasteiger partial charge in [0.1, 0.15) is 18.1 Å². The van der Waals surface area contributed by atoms with Gasteiger partial charge in [-0.15, -0.1) is 0 Å². The van der Waals surface area contributed by atoms with Crippen LogP contribution in [0.15, 0.2) is 42.5 Å². The lowest BCUT2D eigenvalue weighted by molar-refractivity contribution is -0.149. The van der Waals surface area contributed by atoms with Gasteiger partial charge in [-0.05, 0) is 56.2 Å². The topological polar surface area (TPSA) is 94.5 Å². The van der Waals surface area contributed by atoms with Gasteiger partial charge in [-0.2, -0.15) is 0 Å². The van der Waals surface area contributed by atoms with E-state index in [0.29, 0.717) is 54.3 Å². The molecule has 0 spiro atoms. The van der Waals surface area contributed by atoms with Gasteiger partial charge in [-0.1, -0.05) is 35.3 Å². The molecule has 8 nitrogen and oxygen atoms in total. The van der Waals surface area contributed by atoms with Crippen molar-refractivity contribution in [3.63, 3.8) is 0 Å². The molecule has 1 atom stereocenters. The monoisotopic (exact) mass is 527 g/mol. The van der Waals surface area contributed by atoms with E-state index in [4.69, 9.17) is 42.1 Å². The van der Waals surface area contributed by atoms with Crippen LogP contribution in [0.4, 0.5) is 4.79 Å². The van der Waals surface area contributed by atoms with Crippen molar-refractivity contribution in [3.8, 4) is 11.5 Å². The summed E-state index contributed by atoms with van der Waals surface area (Å²) in [6.45, 7) is 5.49. The van der Waals surface area contributed by atoms with Crippen LogP contribution in [0.3, 0.4) is 0 Å². The Morgan fingerprint density at radius 3 is 2.17 bits per heavy atom. The summed E-state index contributed by atoms with van der Waals surface area (Å²) in [5, 5.41) is 10.2. The average molecular weight is 528 g/mol. The number of amides is 1. The van der Waals surface area contributed by atoms with Gasteiger partial charge >= 0.3 is 12.1 Å². The number of carboxylic acids is 1. The van der Waals surface area contributed by atoms with Crippen LogP contribution >= 0.6 is 23.2 Å². The van der Waals surface area contributed by atoms with Crippen LogP contribution in [0.25, 0.3) is 0 Å². The Kier molecular flexibility index (Phi) is 12.5. The normalized spacial score (nSPS) is 11.5. The molecule has 1 amide bonds. The van der Waals surface area contributed by atoms with E-state index >= 15 is 0 Å². The molecule has 0 aliphatic carbocycles. The Labute approximate surface area is 215 Å². The van der Waals surface area contributed by atoms with Gasteiger partial charge in [0, 0.05) is 29.6 Å². The number of carbonyl (C=O) groups is 2. The summed E-state index contributed by atoms with van der Waals surface area (Å²) in [5.74, 6) is 0.183. The molecule has 0 aliphatic heterocycles. The number of nitrogens with zero attached hydrogens (tertiary/aromatic N) is 1. The van der Waals surface area contributed by atoms with Gasteiger partial charge in [-0.25, -0.2) is 9.59 Å². The summed E-state index contributed by atoms with van der Waals surface area (Å²) in [7, 11) is 0. The Morgan fingerprint density at radius 1 is 0.914 bits per heavy atom. The molecule has 0 bridgehead atoms. The van der Waals surface area contributed by atoms with Crippen LogP contribution in [0.1, 0.15) is 25.8 Å². The zero-order valence-electron chi connectivity index (χ0n) is 19.9. The molecule has 0 aliphatic rings. The minimum absolute atomic E-state index is 0.264. The molecule has 1 unspecified atom stereocenters. The van der Waals surface area contributed by atoms with E-state index in [1.165, 1.54) is 0 Å². The van der Waals surface area contributed by atoms with Gasteiger partial charge in [0.2, 0.25) is 0 Å². The zero-order valence-corrected chi connectivity index (χ0v) is 21.4. The SMILES string of the molecule is CCOC(=O)N(CCCOc1cc(Cl)cc(Cl)c1)CCOc1ccc(CC(OCC)C(=O)O)cc1. The molecule has 2 aromatic carbocycles. The highest BCUT2D eigenvalue weighted by Gasteiger charge is 2.18. The maximum absolute atomic E-state index is 12.3. The van der Waals surface area contributed by atoms with Crippen LogP contribution in [0, 0.1) is 0 Å². The maximum atomic E-state index is 12.3. The molecule has 192 valence electrons. The molecular formula is C25H31Cl2NO7.